The van der Waals surface area contributed by atoms with E-state index >= 15 is 0 Å². The summed E-state index contributed by atoms with van der Waals surface area (Å²) < 4.78 is 5.47. The Hall–Kier alpha value is -2.59. The van der Waals surface area contributed by atoms with Crippen LogP contribution in [0.2, 0.25) is 5.02 Å². The molecule has 0 N–H and O–H groups in total. The molecule has 2 aliphatic rings. The first-order valence-corrected chi connectivity index (χ1v) is 9.04. The predicted molar refractivity (Wildman–Crippen MR) is 108 cm³/mol. The first kappa shape index (κ1) is 16.9. The van der Waals surface area contributed by atoms with Gasteiger partial charge in [0.05, 0.1) is 25.1 Å². The van der Waals surface area contributed by atoms with Crippen molar-refractivity contribution in [3.8, 4) is 5.75 Å². The smallest absolute Gasteiger partial charge is 0.130 e. The van der Waals surface area contributed by atoms with Crippen LogP contribution in [0.15, 0.2) is 64.2 Å². The predicted octanol–water partition coefficient (Wildman–Crippen LogP) is 4.71. The molecule has 2 aromatic carbocycles. The molecule has 0 unspecified atom stereocenters. The van der Waals surface area contributed by atoms with Crippen molar-refractivity contribution >= 4 is 28.8 Å². The quantitative estimate of drug-likeness (QED) is 0.772. The second-order valence-electron chi connectivity index (χ2n) is 6.32. The number of benzene rings is 2. The molecule has 132 valence electrons. The van der Waals surface area contributed by atoms with Crippen LogP contribution in [0, 0.1) is 0 Å². The second kappa shape index (κ2) is 6.96. The molecule has 5 heteroatoms. The van der Waals surface area contributed by atoms with E-state index in [1.807, 2.05) is 36.4 Å². The number of ether oxygens (including phenoxy) is 1. The lowest BCUT2D eigenvalue weighted by Crippen LogP contribution is -2.30. The number of aliphatic imine (C=N–C) groups is 2. The fraction of sp³-hybridized carbons (Fsp3) is 0.238. The van der Waals surface area contributed by atoms with E-state index in [4.69, 9.17) is 26.3 Å². The number of rotatable bonds is 2. The molecule has 4 nitrogen and oxygen atoms in total. The van der Waals surface area contributed by atoms with Gasteiger partial charge >= 0.3 is 0 Å². The Labute approximate surface area is 158 Å². The highest BCUT2D eigenvalue weighted by atomic mass is 35.5. The van der Waals surface area contributed by atoms with Crippen molar-refractivity contribution in [1.82, 2.24) is 0 Å². The Balaban J connectivity index is 1.94. The van der Waals surface area contributed by atoms with Gasteiger partial charge in [0.15, 0.2) is 0 Å². The van der Waals surface area contributed by atoms with Gasteiger partial charge in [-0.05, 0) is 43.7 Å². The maximum atomic E-state index is 6.07. The Morgan fingerprint density at radius 2 is 1.88 bits per heavy atom. The van der Waals surface area contributed by atoms with Crippen molar-refractivity contribution in [3.63, 3.8) is 0 Å². The van der Waals surface area contributed by atoms with Crippen molar-refractivity contribution < 1.29 is 4.74 Å². The van der Waals surface area contributed by atoms with E-state index < -0.39 is 0 Å². The Bertz CT molecular complexity index is 929. The van der Waals surface area contributed by atoms with Crippen LogP contribution in [0.25, 0.3) is 0 Å². The van der Waals surface area contributed by atoms with Gasteiger partial charge < -0.3 is 9.64 Å². The van der Waals surface area contributed by atoms with Gasteiger partial charge in [0, 0.05) is 28.4 Å². The number of anilines is 1. The SMILES string of the molecule is COc1ccc2c(c1)C(c1ccc(Cl)cc1)=NCC1=NCCC=C(C)N12. The normalized spacial score (nSPS) is 16.4. The summed E-state index contributed by atoms with van der Waals surface area (Å²) in [4.78, 5) is 11.9. The third kappa shape index (κ3) is 3.01. The van der Waals surface area contributed by atoms with E-state index in [1.54, 1.807) is 7.11 Å². The zero-order valence-corrected chi connectivity index (χ0v) is 15.6. The largest absolute Gasteiger partial charge is 0.497 e. The highest BCUT2D eigenvalue weighted by molar-refractivity contribution is 6.31. The van der Waals surface area contributed by atoms with E-state index in [9.17, 15) is 0 Å². The maximum Gasteiger partial charge on any atom is 0.130 e. The Morgan fingerprint density at radius 1 is 1.08 bits per heavy atom. The Kier molecular flexibility index (Phi) is 4.51. The molecule has 0 fully saturated rings. The van der Waals surface area contributed by atoms with Gasteiger partial charge in [0.1, 0.15) is 11.6 Å². The van der Waals surface area contributed by atoms with Crippen LogP contribution in [-0.2, 0) is 0 Å². The van der Waals surface area contributed by atoms with Crippen molar-refractivity contribution in [1.29, 1.82) is 0 Å². The first-order valence-electron chi connectivity index (χ1n) is 8.66. The Morgan fingerprint density at radius 3 is 2.65 bits per heavy atom. The van der Waals surface area contributed by atoms with Gasteiger partial charge in [0.2, 0.25) is 0 Å². The van der Waals surface area contributed by atoms with Crippen LogP contribution in [0.1, 0.15) is 24.5 Å². The summed E-state index contributed by atoms with van der Waals surface area (Å²) in [5, 5.41) is 0.714. The van der Waals surface area contributed by atoms with E-state index in [-0.39, 0.29) is 0 Å². The molecule has 0 aromatic heterocycles. The summed E-state index contributed by atoms with van der Waals surface area (Å²) >= 11 is 6.07. The molecule has 0 saturated carbocycles. The molecule has 2 aromatic rings. The molecule has 0 bridgehead atoms. The molecule has 0 atom stereocenters. The minimum Gasteiger partial charge on any atom is -0.497 e. The fourth-order valence-corrected chi connectivity index (χ4v) is 3.52. The topological polar surface area (TPSA) is 37.2 Å². The number of methoxy groups -OCH3 is 1. The summed E-state index contributed by atoms with van der Waals surface area (Å²) in [7, 11) is 1.68. The van der Waals surface area contributed by atoms with Crippen LogP contribution >= 0.6 is 11.6 Å². The molecule has 0 radical (unpaired) electrons. The van der Waals surface area contributed by atoms with E-state index in [2.05, 4.69) is 24.0 Å². The van der Waals surface area contributed by atoms with Gasteiger partial charge in [-0.25, -0.2) is 0 Å². The summed E-state index contributed by atoms with van der Waals surface area (Å²) in [6.45, 7) is 3.46. The molecule has 0 spiro atoms. The van der Waals surface area contributed by atoms with E-state index in [1.165, 1.54) is 5.70 Å². The zero-order valence-electron chi connectivity index (χ0n) is 14.9. The summed E-state index contributed by atoms with van der Waals surface area (Å²) in [5.74, 6) is 1.79. The minimum absolute atomic E-state index is 0.542. The molecule has 0 amide bonds. The van der Waals surface area contributed by atoms with Gasteiger partial charge in [-0.1, -0.05) is 29.8 Å². The average molecular weight is 366 g/mol. The van der Waals surface area contributed by atoms with Crippen LogP contribution < -0.4 is 9.64 Å². The zero-order chi connectivity index (χ0) is 18.1. The number of allylic oxidation sites excluding steroid dienone is 1. The second-order valence-corrected chi connectivity index (χ2v) is 6.76. The van der Waals surface area contributed by atoms with Gasteiger partial charge in [-0.3, -0.25) is 9.98 Å². The fourth-order valence-electron chi connectivity index (χ4n) is 3.40. The lowest BCUT2D eigenvalue weighted by Gasteiger charge is -2.26. The average Bonchev–Trinajstić information content (AvgIpc) is 2.93. The third-order valence-corrected chi connectivity index (χ3v) is 4.92. The van der Waals surface area contributed by atoms with E-state index in [0.29, 0.717) is 11.6 Å². The molecular weight excluding hydrogens is 346 g/mol. The first-order chi connectivity index (χ1) is 12.7. The van der Waals surface area contributed by atoms with Gasteiger partial charge in [-0.15, -0.1) is 0 Å². The number of hydrogen-bond acceptors (Lipinski definition) is 4. The van der Waals surface area contributed by atoms with Crippen LogP contribution in [0.4, 0.5) is 5.69 Å². The molecule has 2 aliphatic heterocycles. The molecule has 4 rings (SSSR count). The lowest BCUT2D eigenvalue weighted by atomic mass is 9.99. The lowest BCUT2D eigenvalue weighted by molar-refractivity contribution is 0.415. The third-order valence-electron chi connectivity index (χ3n) is 4.67. The number of hydrogen-bond donors (Lipinski definition) is 0. The van der Waals surface area contributed by atoms with Crippen molar-refractivity contribution in [3.05, 3.63) is 70.4 Å². The van der Waals surface area contributed by atoms with Gasteiger partial charge in [-0.2, -0.15) is 0 Å². The molecule has 0 aliphatic carbocycles. The van der Waals surface area contributed by atoms with Crippen molar-refractivity contribution in [2.24, 2.45) is 9.98 Å². The highest BCUT2D eigenvalue weighted by Gasteiger charge is 2.26. The number of nitrogens with zero attached hydrogens (tertiary/aromatic N) is 3. The number of amidine groups is 1. The molecule has 0 saturated heterocycles. The standard InChI is InChI=1S/C21H20ClN3O/c1-14-4-3-11-23-20-13-24-21(15-5-7-16(22)8-6-15)18-12-17(26-2)9-10-19(18)25(14)20/h4-10,12H,3,11,13H2,1-2H3. The van der Waals surface area contributed by atoms with Crippen molar-refractivity contribution in [2.75, 3.05) is 25.1 Å². The van der Waals surface area contributed by atoms with Crippen LogP contribution in [0.3, 0.4) is 0 Å². The number of halogens is 1. The van der Waals surface area contributed by atoms with E-state index in [0.717, 1.165) is 47.1 Å². The van der Waals surface area contributed by atoms with Crippen molar-refractivity contribution in [2.45, 2.75) is 13.3 Å². The summed E-state index contributed by atoms with van der Waals surface area (Å²) in [5.41, 5.74) is 5.25. The molecular formula is C21H20ClN3O. The van der Waals surface area contributed by atoms with Crippen LogP contribution in [-0.4, -0.2) is 31.7 Å². The number of fused-ring (bicyclic) bond motifs is 3. The molecule has 26 heavy (non-hydrogen) atoms. The highest BCUT2D eigenvalue weighted by Crippen LogP contribution is 2.33. The van der Waals surface area contributed by atoms with Gasteiger partial charge in [0.25, 0.3) is 0 Å². The maximum absolute atomic E-state index is 6.07. The van der Waals surface area contributed by atoms with Crippen LogP contribution in [0.5, 0.6) is 5.75 Å². The molecule has 2 heterocycles. The summed E-state index contributed by atoms with van der Waals surface area (Å²) in [6.07, 6.45) is 3.18. The summed E-state index contributed by atoms with van der Waals surface area (Å²) in [6, 6.07) is 13.9. The minimum atomic E-state index is 0.542. The monoisotopic (exact) mass is 365 g/mol.